The molecule has 0 aromatic heterocycles. The van der Waals surface area contributed by atoms with Crippen LogP contribution >= 0.6 is 12.2 Å². The second kappa shape index (κ2) is 5.32. The number of nitrogens with one attached hydrogen (secondary N) is 1. The maximum Gasteiger partial charge on any atom is 0.169 e. The SMILES string of the molecule is CCCNC(=S)N1CC2CCCN2CC1C. The third kappa shape index (κ3) is 2.48. The first-order valence-corrected chi connectivity index (χ1v) is 6.91. The van der Waals surface area contributed by atoms with Crippen LogP contribution < -0.4 is 5.32 Å². The van der Waals surface area contributed by atoms with E-state index in [2.05, 4.69) is 29.0 Å². The molecule has 2 fully saturated rings. The Bertz CT molecular complexity index is 257. The van der Waals surface area contributed by atoms with Gasteiger partial charge < -0.3 is 10.2 Å². The molecule has 1 N–H and O–H groups in total. The molecule has 0 spiro atoms. The smallest absolute Gasteiger partial charge is 0.169 e. The molecular formula is C12H23N3S. The van der Waals surface area contributed by atoms with E-state index in [1.54, 1.807) is 0 Å². The van der Waals surface area contributed by atoms with E-state index in [0.29, 0.717) is 6.04 Å². The van der Waals surface area contributed by atoms with Crippen LogP contribution in [0.1, 0.15) is 33.1 Å². The van der Waals surface area contributed by atoms with Crippen LogP contribution in [0.25, 0.3) is 0 Å². The fourth-order valence-corrected chi connectivity index (χ4v) is 3.16. The van der Waals surface area contributed by atoms with E-state index in [4.69, 9.17) is 12.2 Å². The first kappa shape index (κ1) is 12.1. The molecule has 0 bridgehead atoms. The maximum absolute atomic E-state index is 5.47. The third-order valence-electron chi connectivity index (χ3n) is 3.72. The van der Waals surface area contributed by atoms with Gasteiger partial charge in [0.1, 0.15) is 0 Å². The van der Waals surface area contributed by atoms with E-state index >= 15 is 0 Å². The highest BCUT2D eigenvalue weighted by Crippen LogP contribution is 2.24. The summed E-state index contributed by atoms with van der Waals surface area (Å²) in [6, 6.07) is 1.31. The van der Waals surface area contributed by atoms with Gasteiger partial charge in [0.25, 0.3) is 0 Å². The van der Waals surface area contributed by atoms with Crippen molar-refractivity contribution in [1.29, 1.82) is 0 Å². The van der Waals surface area contributed by atoms with E-state index in [0.717, 1.165) is 30.7 Å². The molecule has 2 heterocycles. The summed E-state index contributed by atoms with van der Waals surface area (Å²) in [5, 5.41) is 4.31. The van der Waals surface area contributed by atoms with Crippen LogP contribution in [-0.4, -0.2) is 53.2 Å². The second-order valence-corrected chi connectivity index (χ2v) is 5.41. The molecule has 0 saturated carbocycles. The summed E-state index contributed by atoms with van der Waals surface area (Å²) < 4.78 is 0. The highest BCUT2D eigenvalue weighted by atomic mass is 32.1. The van der Waals surface area contributed by atoms with Crippen molar-refractivity contribution >= 4 is 17.3 Å². The first-order valence-electron chi connectivity index (χ1n) is 6.51. The molecule has 92 valence electrons. The number of hydrogen-bond donors (Lipinski definition) is 1. The number of piperazine rings is 1. The summed E-state index contributed by atoms with van der Waals surface area (Å²) in [5.41, 5.74) is 0. The lowest BCUT2D eigenvalue weighted by molar-refractivity contribution is 0.108. The van der Waals surface area contributed by atoms with Gasteiger partial charge in [-0.2, -0.15) is 0 Å². The molecule has 0 amide bonds. The normalized spacial score (nSPS) is 30.2. The molecule has 0 aromatic rings. The molecule has 0 radical (unpaired) electrons. The van der Waals surface area contributed by atoms with Gasteiger partial charge >= 0.3 is 0 Å². The number of rotatable bonds is 2. The van der Waals surface area contributed by atoms with Crippen LogP contribution in [-0.2, 0) is 0 Å². The summed E-state index contributed by atoms with van der Waals surface area (Å²) in [6.45, 7) is 9.05. The van der Waals surface area contributed by atoms with Gasteiger partial charge in [-0.05, 0) is 44.9 Å². The Morgan fingerprint density at radius 1 is 1.44 bits per heavy atom. The first-order chi connectivity index (χ1) is 7.72. The van der Waals surface area contributed by atoms with Crippen LogP contribution in [0.15, 0.2) is 0 Å². The zero-order valence-corrected chi connectivity index (χ0v) is 11.2. The summed E-state index contributed by atoms with van der Waals surface area (Å²) in [5.74, 6) is 0. The number of nitrogens with zero attached hydrogens (tertiary/aromatic N) is 2. The molecule has 3 nitrogen and oxygen atoms in total. The summed E-state index contributed by atoms with van der Waals surface area (Å²) in [6.07, 6.45) is 3.85. The van der Waals surface area contributed by atoms with Crippen LogP contribution in [0.2, 0.25) is 0 Å². The molecule has 2 aliphatic rings. The largest absolute Gasteiger partial charge is 0.363 e. The summed E-state index contributed by atoms with van der Waals surface area (Å²) in [7, 11) is 0. The number of hydrogen-bond acceptors (Lipinski definition) is 2. The zero-order chi connectivity index (χ0) is 11.5. The Morgan fingerprint density at radius 2 is 2.25 bits per heavy atom. The van der Waals surface area contributed by atoms with Crippen molar-refractivity contribution in [2.45, 2.75) is 45.2 Å². The van der Waals surface area contributed by atoms with Crippen LogP contribution in [0, 0.1) is 0 Å². The Labute approximate surface area is 104 Å². The van der Waals surface area contributed by atoms with E-state index < -0.39 is 0 Å². The van der Waals surface area contributed by atoms with Crippen molar-refractivity contribution in [3.05, 3.63) is 0 Å². The minimum atomic E-state index is 0.561. The van der Waals surface area contributed by atoms with E-state index in [1.807, 2.05) is 0 Å². The van der Waals surface area contributed by atoms with Gasteiger partial charge in [-0.1, -0.05) is 6.92 Å². The average Bonchev–Trinajstić information content (AvgIpc) is 2.71. The van der Waals surface area contributed by atoms with Gasteiger partial charge in [0.2, 0.25) is 0 Å². The quantitative estimate of drug-likeness (QED) is 0.737. The molecule has 2 unspecified atom stereocenters. The molecule has 0 aliphatic carbocycles. The van der Waals surface area contributed by atoms with Gasteiger partial charge in [-0.3, -0.25) is 4.90 Å². The molecule has 4 heteroatoms. The fraction of sp³-hybridized carbons (Fsp3) is 0.917. The lowest BCUT2D eigenvalue weighted by atomic mass is 10.1. The Balaban J connectivity index is 1.91. The fourth-order valence-electron chi connectivity index (χ4n) is 2.80. The predicted octanol–water partition coefficient (Wildman–Crippen LogP) is 1.44. The maximum atomic E-state index is 5.47. The molecular weight excluding hydrogens is 218 g/mol. The summed E-state index contributed by atoms with van der Waals surface area (Å²) in [4.78, 5) is 5.01. The number of thiocarbonyl (C=S) groups is 1. The summed E-state index contributed by atoms with van der Waals surface area (Å²) >= 11 is 5.47. The van der Waals surface area contributed by atoms with Gasteiger partial charge in [-0.15, -0.1) is 0 Å². The van der Waals surface area contributed by atoms with Crippen molar-refractivity contribution in [2.24, 2.45) is 0 Å². The molecule has 2 rings (SSSR count). The van der Waals surface area contributed by atoms with Crippen LogP contribution in [0.3, 0.4) is 0 Å². The molecule has 0 aromatic carbocycles. The average molecular weight is 241 g/mol. The molecule has 2 aliphatic heterocycles. The Hall–Kier alpha value is -0.350. The number of fused-ring (bicyclic) bond motifs is 1. The Kier molecular flexibility index (Phi) is 4.03. The second-order valence-electron chi connectivity index (χ2n) is 5.02. The standard InChI is InChI=1S/C12H23N3S/c1-3-6-13-12(16)15-9-11-5-4-7-14(11)8-10(15)2/h10-11H,3-9H2,1-2H3,(H,13,16). The van der Waals surface area contributed by atoms with E-state index in [1.165, 1.54) is 25.9 Å². The molecule has 16 heavy (non-hydrogen) atoms. The lowest BCUT2D eigenvalue weighted by Gasteiger charge is -2.43. The third-order valence-corrected chi connectivity index (χ3v) is 4.10. The van der Waals surface area contributed by atoms with Crippen molar-refractivity contribution in [3.8, 4) is 0 Å². The van der Waals surface area contributed by atoms with E-state index in [9.17, 15) is 0 Å². The predicted molar refractivity (Wildman–Crippen MR) is 71.7 cm³/mol. The Morgan fingerprint density at radius 3 is 3.00 bits per heavy atom. The van der Waals surface area contributed by atoms with Crippen molar-refractivity contribution in [1.82, 2.24) is 15.1 Å². The molecule has 2 saturated heterocycles. The van der Waals surface area contributed by atoms with Crippen LogP contribution in [0.5, 0.6) is 0 Å². The monoisotopic (exact) mass is 241 g/mol. The zero-order valence-electron chi connectivity index (χ0n) is 10.4. The van der Waals surface area contributed by atoms with Crippen molar-refractivity contribution < 1.29 is 0 Å². The minimum Gasteiger partial charge on any atom is -0.363 e. The van der Waals surface area contributed by atoms with Gasteiger partial charge in [0.15, 0.2) is 5.11 Å². The highest BCUT2D eigenvalue weighted by molar-refractivity contribution is 7.80. The highest BCUT2D eigenvalue weighted by Gasteiger charge is 2.35. The lowest BCUT2D eigenvalue weighted by Crippen LogP contribution is -2.58. The molecule has 2 atom stereocenters. The minimum absolute atomic E-state index is 0.561. The topological polar surface area (TPSA) is 18.5 Å². The van der Waals surface area contributed by atoms with Crippen LogP contribution in [0.4, 0.5) is 0 Å². The van der Waals surface area contributed by atoms with Crippen molar-refractivity contribution in [2.75, 3.05) is 26.2 Å². The van der Waals surface area contributed by atoms with Crippen molar-refractivity contribution in [3.63, 3.8) is 0 Å². The van der Waals surface area contributed by atoms with Gasteiger partial charge in [0, 0.05) is 31.7 Å². The van der Waals surface area contributed by atoms with Gasteiger partial charge in [-0.25, -0.2) is 0 Å². The van der Waals surface area contributed by atoms with Gasteiger partial charge in [0.05, 0.1) is 0 Å². The van der Waals surface area contributed by atoms with E-state index in [-0.39, 0.29) is 0 Å².